The summed E-state index contributed by atoms with van der Waals surface area (Å²) in [4.78, 5) is 14.9. The van der Waals surface area contributed by atoms with Gasteiger partial charge in [-0.2, -0.15) is 5.10 Å². The van der Waals surface area contributed by atoms with Crippen molar-refractivity contribution in [3.63, 3.8) is 0 Å². The minimum absolute atomic E-state index is 0.0351. The number of carbonyl (C=O) groups is 1. The van der Waals surface area contributed by atoms with Crippen LogP contribution in [0.4, 0.5) is 0 Å². The van der Waals surface area contributed by atoms with Crippen LogP contribution in [0.15, 0.2) is 24.5 Å². The van der Waals surface area contributed by atoms with Crippen LogP contribution in [0.2, 0.25) is 0 Å². The quantitative estimate of drug-likeness (QED) is 0.803. The Kier molecular flexibility index (Phi) is 3.53. The van der Waals surface area contributed by atoms with Gasteiger partial charge in [-0.05, 0) is 31.6 Å². The van der Waals surface area contributed by atoms with Crippen LogP contribution in [-0.2, 0) is 16.1 Å². The molecule has 1 aromatic heterocycles. The predicted molar refractivity (Wildman–Crippen MR) is 82.0 cm³/mol. The van der Waals surface area contributed by atoms with Crippen molar-refractivity contribution in [3.8, 4) is 0 Å². The molecular weight excluding hydrogens is 278 g/mol. The number of hydrogen-bond acceptors (Lipinski definition) is 3. The molecule has 0 radical (unpaired) electrons. The molecule has 118 valence electrons. The van der Waals surface area contributed by atoms with E-state index in [2.05, 4.69) is 24.2 Å². The van der Waals surface area contributed by atoms with Crippen molar-refractivity contribution in [2.45, 2.75) is 32.4 Å². The third-order valence-corrected chi connectivity index (χ3v) is 5.32. The number of amides is 1. The molecule has 1 saturated carbocycles. The van der Waals surface area contributed by atoms with Crippen molar-refractivity contribution in [2.24, 2.45) is 17.8 Å². The molecule has 1 saturated heterocycles. The topological polar surface area (TPSA) is 47.4 Å². The Hall–Kier alpha value is -1.62. The highest BCUT2D eigenvalue weighted by Crippen LogP contribution is 2.44. The normalized spacial score (nSPS) is 33.6. The van der Waals surface area contributed by atoms with Gasteiger partial charge in [0.05, 0.1) is 19.3 Å². The summed E-state index contributed by atoms with van der Waals surface area (Å²) in [6.07, 6.45) is 10.6. The summed E-state index contributed by atoms with van der Waals surface area (Å²) in [5, 5.41) is 4.31. The zero-order chi connectivity index (χ0) is 15.1. The fourth-order valence-electron chi connectivity index (χ4n) is 4.07. The summed E-state index contributed by atoms with van der Waals surface area (Å²) in [5.41, 5.74) is 1.08. The van der Waals surface area contributed by atoms with Gasteiger partial charge in [0.15, 0.2) is 0 Å². The second-order valence-corrected chi connectivity index (χ2v) is 6.66. The Morgan fingerprint density at radius 2 is 2.32 bits per heavy atom. The van der Waals surface area contributed by atoms with Gasteiger partial charge in [-0.3, -0.25) is 9.48 Å². The van der Waals surface area contributed by atoms with Gasteiger partial charge in [-0.1, -0.05) is 12.2 Å². The SMILES string of the molecule is CCn1cc([C@H]2CN(C(=O)[C@H]3C[C@H]4C=C[C@H]3C4)CCO2)cn1. The van der Waals surface area contributed by atoms with Gasteiger partial charge in [-0.25, -0.2) is 0 Å². The van der Waals surface area contributed by atoms with E-state index in [1.165, 1.54) is 6.42 Å². The summed E-state index contributed by atoms with van der Waals surface area (Å²) in [5.74, 6) is 1.64. The molecule has 5 nitrogen and oxygen atoms in total. The molecule has 2 heterocycles. The minimum Gasteiger partial charge on any atom is -0.370 e. The third-order valence-electron chi connectivity index (χ3n) is 5.32. The van der Waals surface area contributed by atoms with Crippen LogP contribution >= 0.6 is 0 Å². The number of ether oxygens (including phenoxy) is 1. The molecule has 0 aromatic carbocycles. The second kappa shape index (κ2) is 5.54. The molecule has 0 spiro atoms. The molecule has 4 rings (SSSR count). The summed E-state index contributed by atoms with van der Waals surface area (Å²) in [6.45, 7) is 4.91. The first kappa shape index (κ1) is 14.0. The van der Waals surface area contributed by atoms with Gasteiger partial charge in [0.25, 0.3) is 0 Å². The molecule has 0 unspecified atom stereocenters. The second-order valence-electron chi connectivity index (χ2n) is 6.66. The van der Waals surface area contributed by atoms with Crippen LogP contribution in [-0.4, -0.2) is 40.3 Å². The van der Waals surface area contributed by atoms with E-state index in [4.69, 9.17) is 4.74 Å². The lowest BCUT2D eigenvalue weighted by molar-refractivity contribution is -0.144. The van der Waals surface area contributed by atoms with Gasteiger partial charge in [-0.15, -0.1) is 0 Å². The first-order chi connectivity index (χ1) is 10.7. The number of morpholine rings is 1. The van der Waals surface area contributed by atoms with Gasteiger partial charge < -0.3 is 9.64 Å². The lowest BCUT2D eigenvalue weighted by atomic mass is 9.92. The Morgan fingerprint density at radius 1 is 1.41 bits per heavy atom. The zero-order valence-corrected chi connectivity index (χ0v) is 13.0. The number of fused-ring (bicyclic) bond motifs is 2. The van der Waals surface area contributed by atoms with E-state index in [1.54, 1.807) is 0 Å². The summed E-state index contributed by atoms with van der Waals surface area (Å²) >= 11 is 0. The zero-order valence-electron chi connectivity index (χ0n) is 13.0. The molecule has 3 aliphatic rings. The van der Waals surface area contributed by atoms with E-state index in [9.17, 15) is 4.79 Å². The molecular formula is C17H23N3O2. The number of allylic oxidation sites excluding steroid dienone is 2. The standard InChI is InChI=1S/C17H23N3O2/c1-2-20-10-14(9-18-20)16-11-19(5-6-22-16)17(21)15-8-12-3-4-13(15)7-12/h3-4,9-10,12-13,15-16H,2,5-8,11H2,1H3/t12-,13-,15-,16+/m0/s1. The van der Waals surface area contributed by atoms with Crippen LogP contribution in [0.3, 0.4) is 0 Å². The number of rotatable bonds is 3. The van der Waals surface area contributed by atoms with Crippen molar-refractivity contribution in [3.05, 3.63) is 30.1 Å². The van der Waals surface area contributed by atoms with Crippen LogP contribution in [0, 0.1) is 17.8 Å². The van der Waals surface area contributed by atoms with Crippen LogP contribution in [0.25, 0.3) is 0 Å². The molecule has 1 amide bonds. The fourth-order valence-corrected chi connectivity index (χ4v) is 4.07. The highest BCUT2D eigenvalue weighted by atomic mass is 16.5. The smallest absolute Gasteiger partial charge is 0.226 e. The molecule has 4 atom stereocenters. The lowest BCUT2D eigenvalue weighted by Gasteiger charge is -2.35. The maximum Gasteiger partial charge on any atom is 0.226 e. The summed E-state index contributed by atoms with van der Waals surface area (Å²) < 4.78 is 7.77. The molecule has 2 bridgehead atoms. The van der Waals surface area contributed by atoms with Gasteiger partial charge >= 0.3 is 0 Å². The number of nitrogens with zero attached hydrogens (tertiary/aromatic N) is 3. The largest absolute Gasteiger partial charge is 0.370 e. The van der Waals surface area contributed by atoms with E-state index in [1.807, 2.05) is 22.0 Å². The Labute approximate surface area is 130 Å². The summed E-state index contributed by atoms with van der Waals surface area (Å²) in [6, 6.07) is 0. The average Bonchev–Trinajstić information content (AvgIpc) is 3.30. The minimum atomic E-state index is -0.0351. The molecule has 0 N–H and O–H groups in total. The fraction of sp³-hybridized carbons (Fsp3) is 0.647. The van der Waals surface area contributed by atoms with Crippen molar-refractivity contribution in [2.75, 3.05) is 19.7 Å². The highest BCUT2D eigenvalue weighted by molar-refractivity contribution is 5.80. The van der Waals surface area contributed by atoms with Crippen LogP contribution in [0.1, 0.15) is 31.4 Å². The van der Waals surface area contributed by atoms with Gasteiger partial charge in [0.2, 0.25) is 5.91 Å². The maximum atomic E-state index is 12.8. The first-order valence-corrected chi connectivity index (χ1v) is 8.35. The number of aromatic nitrogens is 2. The van der Waals surface area contributed by atoms with Crippen molar-refractivity contribution in [1.29, 1.82) is 0 Å². The number of aryl methyl sites for hydroxylation is 1. The summed E-state index contributed by atoms with van der Waals surface area (Å²) in [7, 11) is 0. The average molecular weight is 301 g/mol. The Balaban J connectivity index is 1.44. The maximum absolute atomic E-state index is 12.8. The molecule has 5 heteroatoms. The van der Waals surface area contributed by atoms with E-state index in [-0.39, 0.29) is 12.0 Å². The first-order valence-electron chi connectivity index (χ1n) is 8.35. The van der Waals surface area contributed by atoms with E-state index in [0.717, 1.165) is 25.1 Å². The lowest BCUT2D eigenvalue weighted by Crippen LogP contribution is -2.45. The monoisotopic (exact) mass is 301 g/mol. The molecule has 2 aliphatic carbocycles. The highest BCUT2D eigenvalue weighted by Gasteiger charge is 2.42. The van der Waals surface area contributed by atoms with Gasteiger partial charge in [0.1, 0.15) is 6.10 Å². The number of hydrogen-bond donors (Lipinski definition) is 0. The third kappa shape index (κ3) is 2.37. The van der Waals surface area contributed by atoms with Crippen molar-refractivity contribution >= 4 is 5.91 Å². The molecule has 2 fully saturated rings. The van der Waals surface area contributed by atoms with Crippen LogP contribution in [0.5, 0.6) is 0 Å². The molecule has 1 aromatic rings. The molecule has 22 heavy (non-hydrogen) atoms. The van der Waals surface area contributed by atoms with Gasteiger partial charge in [0, 0.05) is 30.8 Å². The van der Waals surface area contributed by atoms with Crippen molar-refractivity contribution in [1.82, 2.24) is 14.7 Å². The van der Waals surface area contributed by atoms with Crippen molar-refractivity contribution < 1.29 is 9.53 Å². The van der Waals surface area contributed by atoms with E-state index in [0.29, 0.717) is 30.9 Å². The predicted octanol–water partition coefficient (Wildman–Crippen LogP) is 2.02. The van der Waals surface area contributed by atoms with Crippen LogP contribution < -0.4 is 0 Å². The number of carbonyl (C=O) groups excluding carboxylic acids is 1. The molecule has 1 aliphatic heterocycles. The van der Waals surface area contributed by atoms with E-state index >= 15 is 0 Å². The Morgan fingerprint density at radius 3 is 3.00 bits per heavy atom. The Bertz CT molecular complexity index is 594. The van der Waals surface area contributed by atoms with E-state index < -0.39 is 0 Å².